The van der Waals surface area contributed by atoms with Crippen molar-refractivity contribution in [3.63, 3.8) is 0 Å². The molecule has 0 radical (unpaired) electrons. The van der Waals surface area contributed by atoms with Crippen molar-refractivity contribution in [3.05, 3.63) is 0 Å². The minimum Gasteiger partial charge on any atom is -0.320 e. The lowest BCUT2D eigenvalue weighted by Gasteiger charge is -2.16. The second-order valence-corrected chi connectivity index (χ2v) is 5.84. The fourth-order valence-corrected chi connectivity index (χ4v) is 2.85. The zero-order chi connectivity index (χ0) is 9.90. The number of nitrogens with zero attached hydrogens (tertiary/aromatic N) is 1. The number of sulfonamides is 1. The predicted octanol–water partition coefficient (Wildman–Crippen LogP) is 0.0199. The molecule has 1 N–H and O–H groups in total. The Kier molecular flexibility index (Phi) is 3.70. The Hall–Kier alpha value is -0.130. The molecular formula is C8H18N2O2S. The summed E-state index contributed by atoms with van der Waals surface area (Å²) in [5, 5.41) is 2.92. The van der Waals surface area contributed by atoms with Gasteiger partial charge in [-0.25, -0.2) is 12.7 Å². The van der Waals surface area contributed by atoms with Crippen LogP contribution in [-0.2, 0) is 10.0 Å². The fourth-order valence-electron chi connectivity index (χ4n) is 1.23. The van der Waals surface area contributed by atoms with Crippen LogP contribution in [0.2, 0.25) is 0 Å². The highest BCUT2D eigenvalue weighted by Gasteiger charge is 2.38. The molecule has 4 nitrogen and oxygen atoms in total. The summed E-state index contributed by atoms with van der Waals surface area (Å²) in [5.74, 6) is 0. The average molecular weight is 206 g/mol. The van der Waals surface area contributed by atoms with E-state index in [9.17, 15) is 8.42 Å². The van der Waals surface area contributed by atoms with E-state index in [0.717, 1.165) is 25.8 Å². The van der Waals surface area contributed by atoms with E-state index >= 15 is 0 Å². The van der Waals surface area contributed by atoms with Gasteiger partial charge in [-0.05, 0) is 32.9 Å². The molecule has 1 saturated carbocycles. The fraction of sp³-hybridized carbons (Fsp3) is 1.00. The van der Waals surface area contributed by atoms with Gasteiger partial charge in [-0.2, -0.15) is 0 Å². The van der Waals surface area contributed by atoms with E-state index in [1.807, 2.05) is 7.05 Å². The third kappa shape index (κ3) is 2.93. The summed E-state index contributed by atoms with van der Waals surface area (Å²) in [7, 11) is 0.600. The molecule has 1 aliphatic carbocycles. The van der Waals surface area contributed by atoms with Crippen molar-refractivity contribution in [2.45, 2.75) is 24.5 Å². The van der Waals surface area contributed by atoms with Crippen molar-refractivity contribution in [2.75, 3.05) is 27.2 Å². The molecule has 1 aliphatic rings. The van der Waals surface area contributed by atoms with Crippen LogP contribution < -0.4 is 5.32 Å². The Morgan fingerprint density at radius 2 is 2.08 bits per heavy atom. The summed E-state index contributed by atoms with van der Waals surface area (Å²) in [6, 6.07) is 0. The Bertz CT molecular complexity index is 247. The van der Waals surface area contributed by atoms with Crippen LogP contribution in [0.1, 0.15) is 19.3 Å². The summed E-state index contributed by atoms with van der Waals surface area (Å²) in [6.07, 6.45) is 2.57. The van der Waals surface area contributed by atoms with Crippen molar-refractivity contribution in [2.24, 2.45) is 0 Å². The molecule has 13 heavy (non-hydrogen) atoms. The van der Waals surface area contributed by atoms with Gasteiger partial charge < -0.3 is 5.32 Å². The molecule has 5 heteroatoms. The first-order valence-corrected chi connectivity index (χ1v) is 6.19. The van der Waals surface area contributed by atoms with Gasteiger partial charge in [-0.3, -0.25) is 0 Å². The number of rotatable bonds is 6. The van der Waals surface area contributed by atoms with Gasteiger partial charge in [0.05, 0.1) is 5.25 Å². The van der Waals surface area contributed by atoms with Gasteiger partial charge in [0, 0.05) is 13.6 Å². The molecule has 0 saturated heterocycles. The van der Waals surface area contributed by atoms with Crippen molar-refractivity contribution in [1.29, 1.82) is 0 Å². The minimum absolute atomic E-state index is 0.0768. The van der Waals surface area contributed by atoms with E-state index in [-0.39, 0.29) is 5.25 Å². The monoisotopic (exact) mass is 206 g/mol. The van der Waals surface area contributed by atoms with Gasteiger partial charge in [-0.15, -0.1) is 0 Å². The average Bonchev–Trinajstić information content (AvgIpc) is 2.86. The number of hydrogen-bond donors (Lipinski definition) is 1. The number of hydrogen-bond acceptors (Lipinski definition) is 3. The van der Waals surface area contributed by atoms with Crippen LogP contribution in [0.15, 0.2) is 0 Å². The quantitative estimate of drug-likeness (QED) is 0.623. The molecule has 0 spiro atoms. The molecule has 0 heterocycles. The zero-order valence-corrected chi connectivity index (χ0v) is 9.10. The maximum absolute atomic E-state index is 11.6. The molecule has 0 unspecified atom stereocenters. The first-order chi connectivity index (χ1) is 6.09. The van der Waals surface area contributed by atoms with E-state index in [4.69, 9.17) is 0 Å². The Morgan fingerprint density at radius 3 is 2.54 bits per heavy atom. The maximum Gasteiger partial charge on any atom is 0.216 e. The van der Waals surface area contributed by atoms with E-state index < -0.39 is 10.0 Å². The van der Waals surface area contributed by atoms with Gasteiger partial charge in [-0.1, -0.05) is 0 Å². The minimum atomic E-state index is -2.94. The molecule has 0 amide bonds. The lowest BCUT2D eigenvalue weighted by Crippen LogP contribution is -2.32. The van der Waals surface area contributed by atoms with Crippen molar-refractivity contribution in [1.82, 2.24) is 9.62 Å². The highest BCUT2D eigenvalue weighted by Crippen LogP contribution is 2.30. The van der Waals surface area contributed by atoms with Crippen LogP contribution in [-0.4, -0.2) is 45.2 Å². The predicted molar refractivity (Wildman–Crippen MR) is 53.1 cm³/mol. The highest BCUT2D eigenvalue weighted by molar-refractivity contribution is 7.90. The zero-order valence-electron chi connectivity index (χ0n) is 8.28. The SMILES string of the molecule is CNCCCN(C)S(=O)(=O)C1CC1. The van der Waals surface area contributed by atoms with E-state index in [2.05, 4.69) is 5.32 Å². The second kappa shape index (κ2) is 4.39. The summed E-state index contributed by atoms with van der Waals surface area (Å²) in [5.41, 5.74) is 0. The molecule has 78 valence electrons. The second-order valence-electron chi connectivity index (χ2n) is 3.52. The van der Waals surface area contributed by atoms with Gasteiger partial charge in [0.25, 0.3) is 0 Å². The Labute approximate surface area is 80.4 Å². The van der Waals surface area contributed by atoms with Gasteiger partial charge in [0.1, 0.15) is 0 Å². The van der Waals surface area contributed by atoms with Gasteiger partial charge in [0.2, 0.25) is 10.0 Å². The maximum atomic E-state index is 11.6. The molecule has 0 aliphatic heterocycles. The lowest BCUT2D eigenvalue weighted by molar-refractivity contribution is 0.457. The van der Waals surface area contributed by atoms with Crippen LogP contribution in [0.25, 0.3) is 0 Å². The normalized spacial score (nSPS) is 18.1. The van der Waals surface area contributed by atoms with Gasteiger partial charge >= 0.3 is 0 Å². The Morgan fingerprint density at radius 1 is 1.46 bits per heavy atom. The summed E-state index contributed by atoms with van der Waals surface area (Å²) in [4.78, 5) is 0. The summed E-state index contributed by atoms with van der Waals surface area (Å²) in [6.45, 7) is 1.49. The first-order valence-electron chi connectivity index (χ1n) is 4.69. The molecule has 0 atom stereocenters. The van der Waals surface area contributed by atoms with Crippen LogP contribution in [0.4, 0.5) is 0 Å². The molecule has 0 aromatic rings. The van der Waals surface area contributed by atoms with Crippen molar-refractivity contribution < 1.29 is 8.42 Å². The third-order valence-electron chi connectivity index (χ3n) is 2.28. The number of nitrogens with one attached hydrogen (secondary N) is 1. The first kappa shape index (κ1) is 10.9. The lowest BCUT2D eigenvalue weighted by atomic mass is 10.4. The van der Waals surface area contributed by atoms with E-state index in [0.29, 0.717) is 6.54 Å². The smallest absolute Gasteiger partial charge is 0.216 e. The van der Waals surface area contributed by atoms with Crippen molar-refractivity contribution in [3.8, 4) is 0 Å². The van der Waals surface area contributed by atoms with Gasteiger partial charge in [0.15, 0.2) is 0 Å². The van der Waals surface area contributed by atoms with Crippen LogP contribution in [0, 0.1) is 0 Å². The molecule has 0 bridgehead atoms. The topological polar surface area (TPSA) is 49.4 Å². The summed E-state index contributed by atoms with van der Waals surface area (Å²) >= 11 is 0. The Balaban J connectivity index is 2.33. The highest BCUT2D eigenvalue weighted by atomic mass is 32.2. The molecule has 0 aromatic heterocycles. The molecule has 1 rings (SSSR count). The molecule has 0 aromatic carbocycles. The van der Waals surface area contributed by atoms with Crippen LogP contribution in [0.3, 0.4) is 0 Å². The summed E-state index contributed by atoms with van der Waals surface area (Å²) < 4.78 is 24.7. The van der Waals surface area contributed by atoms with E-state index in [1.165, 1.54) is 4.31 Å². The molecule has 1 fully saturated rings. The van der Waals surface area contributed by atoms with E-state index in [1.54, 1.807) is 7.05 Å². The largest absolute Gasteiger partial charge is 0.320 e. The molecular weight excluding hydrogens is 188 g/mol. The van der Waals surface area contributed by atoms with Crippen LogP contribution in [0.5, 0.6) is 0 Å². The van der Waals surface area contributed by atoms with Crippen molar-refractivity contribution >= 4 is 10.0 Å². The standard InChI is InChI=1S/C8H18N2O2S/c1-9-6-3-7-10(2)13(11,12)8-4-5-8/h8-9H,3-7H2,1-2H3. The van der Waals surface area contributed by atoms with Crippen LogP contribution >= 0.6 is 0 Å². The third-order valence-corrected chi connectivity index (χ3v) is 4.65.